The van der Waals surface area contributed by atoms with Gasteiger partial charge in [0.1, 0.15) is 5.84 Å². The van der Waals surface area contributed by atoms with Crippen LogP contribution in [-0.4, -0.2) is 30.0 Å². The molecule has 0 aromatic rings. The topological polar surface area (TPSA) is 41.6 Å². The highest BCUT2D eigenvalue weighted by Gasteiger charge is 2.18. The van der Waals surface area contributed by atoms with Crippen molar-refractivity contribution in [3.8, 4) is 0 Å². The lowest BCUT2D eigenvalue weighted by Crippen LogP contribution is -2.41. The average Bonchev–Trinajstić information content (AvgIpc) is 3.07. The number of rotatable bonds is 16. The van der Waals surface area contributed by atoms with Crippen molar-refractivity contribution in [2.75, 3.05) is 13.1 Å². The minimum absolute atomic E-state index is 0.115. The first-order valence-electron chi connectivity index (χ1n) is 11.0. The van der Waals surface area contributed by atoms with E-state index in [-0.39, 0.29) is 6.17 Å². The van der Waals surface area contributed by atoms with Crippen molar-refractivity contribution >= 4 is 5.84 Å². The second-order valence-corrected chi connectivity index (χ2v) is 7.57. The number of hydrogen-bond donors (Lipinski definition) is 1. The number of nitrogens with zero attached hydrogens (tertiary/aromatic N) is 2. The first-order valence-corrected chi connectivity index (χ1v) is 11.0. The Hall–Kier alpha value is -0.830. The van der Waals surface area contributed by atoms with E-state index in [0.717, 1.165) is 19.5 Å². The molecule has 0 aromatic carbocycles. The summed E-state index contributed by atoms with van der Waals surface area (Å²) in [7, 11) is 0. The molecule has 0 bridgehead atoms. The second kappa shape index (κ2) is 15.4. The molecule has 2 N–H and O–H groups in total. The Bertz CT molecular complexity index is 360. The summed E-state index contributed by atoms with van der Waals surface area (Å²) >= 11 is 0. The maximum Gasteiger partial charge on any atom is 0.100 e. The van der Waals surface area contributed by atoms with Crippen molar-refractivity contribution < 1.29 is 0 Å². The molecule has 0 radical (unpaired) electrons. The third-order valence-electron chi connectivity index (χ3n) is 5.12. The predicted molar refractivity (Wildman–Crippen MR) is 112 cm³/mol. The van der Waals surface area contributed by atoms with Gasteiger partial charge in [-0.15, -0.1) is 0 Å². The zero-order valence-corrected chi connectivity index (χ0v) is 17.0. The Morgan fingerprint density at radius 3 is 2.08 bits per heavy atom. The summed E-state index contributed by atoms with van der Waals surface area (Å²) < 4.78 is 0. The maximum absolute atomic E-state index is 5.98. The summed E-state index contributed by atoms with van der Waals surface area (Å²) in [5.74, 6) is 1.24. The van der Waals surface area contributed by atoms with Gasteiger partial charge in [0.2, 0.25) is 0 Å². The number of allylic oxidation sites excluding steroid dienone is 2. The monoisotopic (exact) mass is 349 g/mol. The van der Waals surface area contributed by atoms with Gasteiger partial charge in [-0.3, -0.25) is 4.99 Å². The minimum atomic E-state index is 0.115. The van der Waals surface area contributed by atoms with Crippen LogP contribution in [0.4, 0.5) is 0 Å². The van der Waals surface area contributed by atoms with Crippen molar-refractivity contribution in [3.05, 3.63) is 12.2 Å². The molecule has 1 atom stereocenters. The molecule has 3 nitrogen and oxygen atoms in total. The van der Waals surface area contributed by atoms with Gasteiger partial charge in [-0.1, -0.05) is 70.4 Å². The molecule has 1 aliphatic heterocycles. The van der Waals surface area contributed by atoms with Crippen LogP contribution in [0, 0.1) is 0 Å². The Kier molecular flexibility index (Phi) is 13.7. The molecule has 0 aliphatic carbocycles. The summed E-state index contributed by atoms with van der Waals surface area (Å²) in [6, 6.07) is 0. The molecule has 1 unspecified atom stereocenters. The first kappa shape index (κ1) is 22.2. The molecule has 1 rings (SSSR count). The van der Waals surface area contributed by atoms with E-state index in [4.69, 9.17) is 5.73 Å². The van der Waals surface area contributed by atoms with Crippen LogP contribution in [0.15, 0.2) is 17.1 Å². The fraction of sp³-hybridized carbons (Fsp3) is 0.864. The van der Waals surface area contributed by atoms with E-state index in [1.807, 2.05) is 0 Å². The summed E-state index contributed by atoms with van der Waals surface area (Å²) in [6.07, 6.45) is 23.6. The van der Waals surface area contributed by atoms with Crippen LogP contribution < -0.4 is 5.73 Å². The normalized spacial score (nSPS) is 16.0. The van der Waals surface area contributed by atoms with Gasteiger partial charge in [0, 0.05) is 13.0 Å². The number of unbranched alkanes of at least 4 members (excludes halogenated alkanes) is 11. The summed E-state index contributed by atoms with van der Waals surface area (Å²) in [6.45, 7) is 6.28. The predicted octanol–water partition coefficient (Wildman–Crippen LogP) is 6.04. The third-order valence-corrected chi connectivity index (χ3v) is 5.12. The van der Waals surface area contributed by atoms with E-state index in [2.05, 4.69) is 35.9 Å². The van der Waals surface area contributed by atoms with Gasteiger partial charge in [0.15, 0.2) is 0 Å². The van der Waals surface area contributed by atoms with Gasteiger partial charge in [0.05, 0.1) is 12.7 Å². The lowest BCUT2D eigenvalue weighted by atomic mass is 10.1. The molecule has 25 heavy (non-hydrogen) atoms. The molecular formula is C22H43N3. The number of amidine groups is 1. The maximum atomic E-state index is 5.98. The van der Waals surface area contributed by atoms with Crippen molar-refractivity contribution in [1.82, 2.24) is 4.90 Å². The van der Waals surface area contributed by atoms with Crippen molar-refractivity contribution in [3.63, 3.8) is 0 Å². The van der Waals surface area contributed by atoms with Crippen LogP contribution in [-0.2, 0) is 0 Å². The van der Waals surface area contributed by atoms with Crippen molar-refractivity contribution in [1.29, 1.82) is 0 Å². The van der Waals surface area contributed by atoms with Crippen LogP contribution in [0.1, 0.15) is 104 Å². The zero-order valence-electron chi connectivity index (χ0n) is 17.0. The van der Waals surface area contributed by atoms with E-state index < -0.39 is 0 Å². The Morgan fingerprint density at radius 2 is 1.48 bits per heavy atom. The van der Waals surface area contributed by atoms with E-state index >= 15 is 0 Å². The summed E-state index contributed by atoms with van der Waals surface area (Å²) in [4.78, 5) is 6.85. The molecule has 0 fully saturated rings. The first-order chi connectivity index (χ1) is 12.3. The zero-order chi connectivity index (χ0) is 18.2. The lowest BCUT2D eigenvalue weighted by molar-refractivity contribution is 0.358. The average molecular weight is 350 g/mol. The highest BCUT2D eigenvalue weighted by Crippen LogP contribution is 2.13. The van der Waals surface area contributed by atoms with E-state index in [9.17, 15) is 0 Å². The number of nitrogens with two attached hydrogens (primary N) is 1. The molecule has 0 spiro atoms. The molecule has 0 aromatic heterocycles. The standard InChI is InChI=1S/C22H43N3/c1-3-4-5-6-7-8-9-10-11-12-13-14-15-16-17-18-22-24-19-20-25(22)21(2)23/h10-11,21H,3-9,12-20,23H2,1-2H3. The number of hydrogen-bond acceptors (Lipinski definition) is 3. The largest absolute Gasteiger partial charge is 0.343 e. The van der Waals surface area contributed by atoms with E-state index in [1.54, 1.807) is 0 Å². The van der Waals surface area contributed by atoms with Gasteiger partial charge >= 0.3 is 0 Å². The molecule has 146 valence electrons. The van der Waals surface area contributed by atoms with Crippen LogP contribution >= 0.6 is 0 Å². The van der Waals surface area contributed by atoms with Gasteiger partial charge < -0.3 is 10.6 Å². The number of aliphatic imine (C=N–C) groups is 1. The van der Waals surface area contributed by atoms with Crippen molar-refractivity contribution in [2.24, 2.45) is 10.7 Å². The second-order valence-electron chi connectivity index (χ2n) is 7.57. The van der Waals surface area contributed by atoms with Crippen LogP contribution in [0.25, 0.3) is 0 Å². The fourth-order valence-electron chi connectivity index (χ4n) is 3.52. The summed E-state index contributed by atoms with van der Waals surface area (Å²) in [5, 5.41) is 0. The molecular weight excluding hydrogens is 306 g/mol. The molecule has 1 aliphatic rings. The fourth-order valence-corrected chi connectivity index (χ4v) is 3.52. The molecule has 3 heteroatoms. The van der Waals surface area contributed by atoms with E-state index in [0.29, 0.717) is 0 Å². The Labute approximate surface area is 157 Å². The molecule has 1 heterocycles. The SMILES string of the molecule is CCCCCCCCC=CCCCCCCCC1=NCCN1C(C)N. The third kappa shape index (κ3) is 11.4. The lowest BCUT2D eigenvalue weighted by Gasteiger charge is -2.24. The molecule has 0 amide bonds. The van der Waals surface area contributed by atoms with Gasteiger partial charge in [0.25, 0.3) is 0 Å². The quantitative estimate of drug-likeness (QED) is 0.272. The molecule has 0 saturated carbocycles. The van der Waals surface area contributed by atoms with Crippen LogP contribution in [0.2, 0.25) is 0 Å². The van der Waals surface area contributed by atoms with E-state index in [1.165, 1.54) is 89.3 Å². The highest BCUT2D eigenvalue weighted by molar-refractivity contribution is 5.83. The smallest absolute Gasteiger partial charge is 0.100 e. The van der Waals surface area contributed by atoms with Crippen LogP contribution in [0.3, 0.4) is 0 Å². The van der Waals surface area contributed by atoms with Gasteiger partial charge in [-0.25, -0.2) is 0 Å². The van der Waals surface area contributed by atoms with Gasteiger partial charge in [-0.2, -0.15) is 0 Å². The minimum Gasteiger partial charge on any atom is -0.343 e. The van der Waals surface area contributed by atoms with Gasteiger partial charge in [-0.05, 0) is 39.0 Å². The summed E-state index contributed by atoms with van der Waals surface area (Å²) in [5.41, 5.74) is 5.98. The Balaban J connectivity index is 1.84. The van der Waals surface area contributed by atoms with Crippen LogP contribution in [0.5, 0.6) is 0 Å². The van der Waals surface area contributed by atoms with Crippen molar-refractivity contribution in [2.45, 2.75) is 110 Å². The highest BCUT2D eigenvalue weighted by atomic mass is 15.3. The molecule has 0 saturated heterocycles. The Morgan fingerprint density at radius 1 is 0.920 bits per heavy atom.